The quantitative estimate of drug-likeness (QED) is 0.802. The van der Waals surface area contributed by atoms with Crippen molar-refractivity contribution >= 4 is 5.78 Å². The molecule has 1 atom stereocenters. The van der Waals surface area contributed by atoms with Crippen LogP contribution in [0.15, 0.2) is 42.3 Å². The van der Waals surface area contributed by atoms with Crippen LogP contribution in [0.3, 0.4) is 0 Å². The van der Waals surface area contributed by atoms with Gasteiger partial charge in [-0.1, -0.05) is 12.2 Å². The van der Waals surface area contributed by atoms with E-state index in [1.807, 2.05) is 44.2 Å². The van der Waals surface area contributed by atoms with Gasteiger partial charge in [-0.25, -0.2) is 0 Å². The molecule has 0 bridgehead atoms. The van der Waals surface area contributed by atoms with Crippen LogP contribution in [0.5, 0.6) is 0 Å². The summed E-state index contributed by atoms with van der Waals surface area (Å²) in [4.78, 5) is 16.5. The van der Waals surface area contributed by atoms with Crippen LogP contribution in [-0.4, -0.2) is 10.8 Å². The topological polar surface area (TPSA) is 42.0 Å². The number of rotatable bonds is 1. The number of carbonyl (C=O) groups is 1. The van der Waals surface area contributed by atoms with Crippen LogP contribution in [0.4, 0.5) is 0 Å². The number of hydrogen-bond acceptors (Lipinski definition) is 3. The van der Waals surface area contributed by atoms with E-state index < -0.39 is 0 Å². The van der Waals surface area contributed by atoms with Crippen molar-refractivity contribution in [1.29, 1.82) is 0 Å². The Morgan fingerprint density at radius 3 is 3.12 bits per heavy atom. The van der Waals surface area contributed by atoms with E-state index in [9.17, 15) is 4.79 Å². The Labute approximate surface area is 101 Å². The summed E-state index contributed by atoms with van der Waals surface area (Å²) in [7, 11) is 0. The highest BCUT2D eigenvalue weighted by Crippen LogP contribution is 2.21. The van der Waals surface area contributed by atoms with E-state index in [1.165, 1.54) is 0 Å². The first kappa shape index (κ1) is 11.6. The van der Waals surface area contributed by atoms with E-state index in [-0.39, 0.29) is 11.7 Å². The molecule has 88 valence electrons. The van der Waals surface area contributed by atoms with Gasteiger partial charge in [0.25, 0.3) is 0 Å². The van der Waals surface area contributed by atoms with Crippen LogP contribution in [0.2, 0.25) is 0 Å². The van der Waals surface area contributed by atoms with E-state index in [0.29, 0.717) is 6.54 Å². The molecule has 1 aliphatic rings. The second kappa shape index (κ2) is 4.95. The first-order valence-corrected chi connectivity index (χ1v) is 5.79. The fourth-order valence-electron chi connectivity index (χ4n) is 1.92. The molecule has 2 rings (SSSR count). The number of aromatic nitrogens is 1. The van der Waals surface area contributed by atoms with Gasteiger partial charge in [0.1, 0.15) is 0 Å². The van der Waals surface area contributed by atoms with Gasteiger partial charge in [-0.05, 0) is 32.1 Å². The molecule has 1 aliphatic heterocycles. The van der Waals surface area contributed by atoms with Gasteiger partial charge in [-0.2, -0.15) is 0 Å². The van der Waals surface area contributed by atoms with Gasteiger partial charge in [-0.3, -0.25) is 9.78 Å². The number of pyridine rings is 1. The third kappa shape index (κ3) is 2.28. The fraction of sp³-hybridized carbons (Fsp3) is 0.286. The molecule has 0 fully saturated rings. The van der Waals surface area contributed by atoms with E-state index in [0.717, 1.165) is 17.0 Å². The Bertz CT molecular complexity index is 489. The second-order valence-electron chi connectivity index (χ2n) is 4.08. The minimum absolute atomic E-state index is 0.133. The molecule has 17 heavy (non-hydrogen) atoms. The maximum atomic E-state index is 12.3. The Hall–Kier alpha value is -1.90. The van der Waals surface area contributed by atoms with Crippen LogP contribution in [0, 0.1) is 5.92 Å². The SMILES string of the molecule is C/C=C\C=C1\NCc2ncccc2C(=O)C1C. The lowest BCUT2D eigenvalue weighted by Gasteiger charge is -2.11. The molecule has 0 aliphatic carbocycles. The maximum Gasteiger partial charge on any atom is 0.173 e. The number of fused-ring (bicyclic) bond motifs is 1. The number of hydrogen-bond donors (Lipinski definition) is 1. The number of ketones is 1. The summed E-state index contributed by atoms with van der Waals surface area (Å²) in [6.07, 6.45) is 7.56. The summed E-state index contributed by atoms with van der Waals surface area (Å²) in [5.74, 6) is -0.00879. The van der Waals surface area contributed by atoms with Gasteiger partial charge in [0.15, 0.2) is 5.78 Å². The summed E-state index contributed by atoms with van der Waals surface area (Å²) in [5.41, 5.74) is 2.51. The molecular weight excluding hydrogens is 212 g/mol. The Morgan fingerprint density at radius 1 is 1.53 bits per heavy atom. The van der Waals surface area contributed by atoms with E-state index in [4.69, 9.17) is 0 Å². The molecule has 0 radical (unpaired) electrons. The van der Waals surface area contributed by atoms with Crippen molar-refractivity contribution in [2.75, 3.05) is 0 Å². The number of nitrogens with zero attached hydrogens (tertiary/aromatic N) is 1. The van der Waals surface area contributed by atoms with E-state index in [1.54, 1.807) is 6.20 Å². The number of carbonyl (C=O) groups excluding carboxylic acids is 1. The molecule has 1 N–H and O–H groups in total. The number of allylic oxidation sites excluding steroid dienone is 4. The van der Waals surface area contributed by atoms with Crippen LogP contribution < -0.4 is 5.32 Å². The third-order valence-electron chi connectivity index (χ3n) is 2.94. The second-order valence-corrected chi connectivity index (χ2v) is 4.08. The highest BCUT2D eigenvalue weighted by molar-refractivity contribution is 6.00. The summed E-state index contributed by atoms with van der Waals surface area (Å²) in [6.45, 7) is 4.49. The molecule has 0 amide bonds. The molecule has 1 aromatic rings. The number of nitrogens with one attached hydrogen (secondary N) is 1. The lowest BCUT2D eigenvalue weighted by molar-refractivity contribution is 0.0947. The van der Waals surface area contributed by atoms with Crippen molar-refractivity contribution in [2.45, 2.75) is 20.4 Å². The summed E-state index contributed by atoms with van der Waals surface area (Å²) in [5, 5.41) is 3.28. The Morgan fingerprint density at radius 2 is 2.35 bits per heavy atom. The number of Topliss-reactive ketones (excluding diaryl/α,β-unsaturated/α-hetero) is 1. The summed E-state index contributed by atoms with van der Waals surface area (Å²) in [6, 6.07) is 3.66. The van der Waals surface area contributed by atoms with Gasteiger partial charge < -0.3 is 5.32 Å². The largest absolute Gasteiger partial charge is 0.382 e. The molecule has 0 saturated carbocycles. The molecule has 1 unspecified atom stereocenters. The van der Waals surface area contributed by atoms with Crippen molar-refractivity contribution in [1.82, 2.24) is 10.3 Å². The smallest absolute Gasteiger partial charge is 0.173 e. The highest BCUT2D eigenvalue weighted by atomic mass is 16.1. The highest BCUT2D eigenvalue weighted by Gasteiger charge is 2.25. The summed E-state index contributed by atoms with van der Waals surface area (Å²) >= 11 is 0. The zero-order valence-corrected chi connectivity index (χ0v) is 10.1. The molecular formula is C14H16N2O. The Balaban J connectivity index is 2.39. The molecule has 3 nitrogen and oxygen atoms in total. The fourth-order valence-corrected chi connectivity index (χ4v) is 1.92. The minimum atomic E-state index is -0.142. The van der Waals surface area contributed by atoms with Crippen LogP contribution in [0.1, 0.15) is 29.9 Å². The van der Waals surface area contributed by atoms with Gasteiger partial charge >= 0.3 is 0 Å². The predicted octanol–water partition coefficient (Wildman–Crippen LogP) is 2.46. The van der Waals surface area contributed by atoms with E-state index >= 15 is 0 Å². The average molecular weight is 228 g/mol. The van der Waals surface area contributed by atoms with E-state index in [2.05, 4.69) is 10.3 Å². The third-order valence-corrected chi connectivity index (χ3v) is 2.94. The molecule has 3 heteroatoms. The monoisotopic (exact) mass is 228 g/mol. The molecule has 0 saturated heterocycles. The zero-order valence-electron chi connectivity index (χ0n) is 10.1. The van der Waals surface area contributed by atoms with Crippen molar-refractivity contribution in [3.63, 3.8) is 0 Å². The first-order valence-electron chi connectivity index (χ1n) is 5.79. The van der Waals surface area contributed by atoms with Gasteiger partial charge in [0.05, 0.1) is 18.2 Å². The predicted molar refractivity (Wildman–Crippen MR) is 67.5 cm³/mol. The van der Waals surface area contributed by atoms with Crippen LogP contribution >= 0.6 is 0 Å². The van der Waals surface area contributed by atoms with Crippen LogP contribution in [0.25, 0.3) is 0 Å². The maximum absolute atomic E-state index is 12.3. The van der Waals surface area contributed by atoms with Crippen LogP contribution in [-0.2, 0) is 6.54 Å². The van der Waals surface area contributed by atoms with Gasteiger partial charge in [0.2, 0.25) is 0 Å². The molecule has 2 heterocycles. The lowest BCUT2D eigenvalue weighted by atomic mass is 9.97. The normalized spacial score (nSPS) is 22.4. The Kier molecular flexibility index (Phi) is 3.38. The van der Waals surface area contributed by atoms with Gasteiger partial charge in [-0.15, -0.1) is 0 Å². The average Bonchev–Trinajstić information content (AvgIpc) is 2.48. The first-order chi connectivity index (χ1) is 8.24. The van der Waals surface area contributed by atoms with Crippen molar-refractivity contribution < 1.29 is 4.79 Å². The minimum Gasteiger partial charge on any atom is -0.382 e. The van der Waals surface area contributed by atoms with Crippen molar-refractivity contribution in [3.8, 4) is 0 Å². The lowest BCUT2D eigenvalue weighted by Crippen LogP contribution is -2.19. The van der Waals surface area contributed by atoms with Crippen molar-refractivity contribution in [3.05, 3.63) is 53.5 Å². The summed E-state index contributed by atoms with van der Waals surface area (Å²) < 4.78 is 0. The molecule has 0 spiro atoms. The molecule has 0 aromatic carbocycles. The zero-order chi connectivity index (χ0) is 12.3. The molecule has 1 aromatic heterocycles. The standard InChI is InChI=1S/C14H16N2O/c1-3-4-7-12-10(2)14(17)11-6-5-8-15-13(11)9-16-12/h3-8,10,16H,9H2,1-2H3/b4-3-,12-7+. The van der Waals surface area contributed by atoms with Gasteiger partial charge in [0, 0.05) is 17.5 Å². The van der Waals surface area contributed by atoms with Crippen molar-refractivity contribution in [2.24, 2.45) is 5.92 Å².